The lowest BCUT2D eigenvalue weighted by atomic mass is 9.89. The van der Waals surface area contributed by atoms with Crippen molar-refractivity contribution in [3.8, 4) is 0 Å². The number of nitrogens with zero attached hydrogens (tertiary/aromatic N) is 2. The number of aromatic nitrogens is 1. The van der Waals surface area contributed by atoms with Gasteiger partial charge < -0.3 is 5.32 Å². The summed E-state index contributed by atoms with van der Waals surface area (Å²) in [6, 6.07) is 14.6. The Balaban J connectivity index is 1.44. The molecule has 1 amide bonds. The number of benzene rings is 1. The Labute approximate surface area is 156 Å². The van der Waals surface area contributed by atoms with Crippen molar-refractivity contribution >= 4 is 5.91 Å². The maximum Gasteiger partial charge on any atom is 0.237 e. The van der Waals surface area contributed by atoms with Gasteiger partial charge >= 0.3 is 0 Å². The molecule has 1 aliphatic rings. The Morgan fingerprint density at radius 3 is 2.65 bits per heavy atom. The molecule has 0 spiro atoms. The number of carbonyl (C=O) groups excluding carboxylic acids is 1. The van der Waals surface area contributed by atoms with Crippen molar-refractivity contribution in [1.29, 1.82) is 0 Å². The van der Waals surface area contributed by atoms with Crippen LogP contribution in [0.15, 0.2) is 48.7 Å². The molecule has 3 rings (SSSR count). The summed E-state index contributed by atoms with van der Waals surface area (Å²) in [4.78, 5) is 19.1. The summed E-state index contributed by atoms with van der Waals surface area (Å²) < 4.78 is 0. The van der Waals surface area contributed by atoms with Crippen LogP contribution >= 0.6 is 0 Å². The second-order valence-electron chi connectivity index (χ2n) is 7.39. The van der Waals surface area contributed by atoms with Crippen molar-refractivity contribution in [3.63, 3.8) is 0 Å². The standard InChI is InChI=1S/C22H29N3O/c1-17-8-11-23-21(14-17)16-24-22(26)18(2)25-12-9-20(10-13-25)15-19-6-4-3-5-7-19/h3-8,11,14,18,20H,9-10,12-13,15-16H2,1-2H3,(H,24,26). The molecular formula is C22H29N3O. The number of aryl methyl sites for hydroxylation is 1. The minimum Gasteiger partial charge on any atom is -0.349 e. The molecule has 1 aliphatic heterocycles. The Hall–Kier alpha value is -2.20. The Morgan fingerprint density at radius 1 is 1.23 bits per heavy atom. The fraction of sp³-hybridized carbons (Fsp3) is 0.455. The SMILES string of the molecule is Cc1ccnc(CNC(=O)C(C)N2CCC(Cc3ccccc3)CC2)c1. The van der Waals surface area contributed by atoms with E-state index in [0.717, 1.165) is 49.5 Å². The first-order chi connectivity index (χ1) is 12.6. The van der Waals surface area contributed by atoms with Crippen molar-refractivity contribution < 1.29 is 4.79 Å². The van der Waals surface area contributed by atoms with Crippen molar-refractivity contribution in [2.45, 2.75) is 45.7 Å². The van der Waals surface area contributed by atoms with E-state index in [2.05, 4.69) is 45.5 Å². The van der Waals surface area contributed by atoms with Gasteiger partial charge in [-0.05, 0) is 75.4 Å². The van der Waals surface area contributed by atoms with Gasteiger partial charge in [0.2, 0.25) is 5.91 Å². The quantitative estimate of drug-likeness (QED) is 0.868. The predicted octanol–water partition coefficient (Wildman–Crippen LogP) is 3.35. The third kappa shape index (κ3) is 5.15. The molecule has 0 aliphatic carbocycles. The molecule has 1 unspecified atom stereocenters. The van der Waals surface area contributed by atoms with Gasteiger partial charge in [-0.3, -0.25) is 14.7 Å². The van der Waals surface area contributed by atoms with Crippen LogP contribution < -0.4 is 5.32 Å². The zero-order valence-electron chi connectivity index (χ0n) is 15.8. The number of carbonyl (C=O) groups is 1. The molecule has 138 valence electrons. The molecule has 4 heteroatoms. The Morgan fingerprint density at radius 2 is 1.96 bits per heavy atom. The third-order valence-corrected chi connectivity index (χ3v) is 5.36. The van der Waals surface area contributed by atoms with Gasteiger partial charge in [0, 0.05) is 6.20 Å². The second-order valence-corrected chi connectivity index (χ2v) is 7.39. The van der Waals surface area contributed by atoms with E-state index < -0.39 is 0 Å². The van der Waals surface area contributed by atoms with Crippen LogP contribution in [0.4, 0.5) is 0 Å². The van der Waals surface area contributed by atoms with E-state index in [-0.39, 0.29) is 11.9 Å². The monoisotopic (exact) mass is 351 g/mol. The van der Waals surface area contributed by atoms with Crippen LogP contribution in [0.5, 0.6) is 0 Å². The van der Waals surface area contributed by atoms with Crippen LogP contribution in [0.1, 0.15) is 36.6 Å². The van der Waals surface area contributed by atoms with Gasteiger partial charge in [-0.25, -0.2) is 0 Å². The van der Waals surface area contributed by atoms with E-state index in [1.54, 1.807) is 6.20 Å². The lowest BCUT2D eigenvalue weighted by molar-refractivity contribution is -0.126. The highest BCUT2D eigenvalue weighted by Gasteiger charge is 2.26. The van der Waals surface area contributed by atoms with Crippen LogP contribution in [0.2, 0.25) is 0 Å². The molecule has 0 radical (unpaired) electrons. The number of likely N-dealkylation sites (tertiary alicyclic amines) is 1. The van der Waals surface area contributed by atoms with Gasteiger partial charge in [-0.1, -0.05) is 30.3 Å². The van der Waals surface area contributed by atoms with E-state index in [4.69, 9.17) is 0 Å². The summed E-state index contributed by atoms with van der Waals surface area (Å²) in [5.41, 5.74) is 3.49. The Bertz CT molecular complexity index is 708. The molecule has 0 bridgehead atoms. The van der Waals surface area contributed by atoms with Crippen LogP contribution in [0.3, 0.4) is 0 Å². The van der Waals surface area contributed by atoms with Crippen LogP contribution in [0, 0.1) is 12.8 Å². The first-order valence-electron chi connectivity index (χ1n) is 9.59. The molecule has 1 atom stereocenters. The molecule has 1 aromatic heterocycles. The number of hydrogen-bond acceptors (Lipinski definition) is 3. The molecule has 1 fully saturated rings. The maximum absolute atomic E-state index is 12.5. The molecule has 26 heavy (non-hydrogen) atoms. The maximum atomic E-state index is 12.5. The highest BCUT2D eigenvalue weighted by molar-refractivity contribution is 5.81. The molecular weight excluding hydrogens is 322 g/mol. The normalized spacial score (nSPS) is 17.0. The molecule has 1 N–H and O–H groups in total. The number of hydrogen-bond donors (Lipinski definition) is 1. The minimum absolute atomic E-state index is 0.0857. The lowest BCUT2D eigenvalue weighted by Crippen LogP contribution is -2.48. The van der Waals surface area contributed by atoms with Gasteiger partial charge in [-0.2, -0.15) is 0 Å². The van der Waals surface area contributed by atoms with E-state index in [9.17, 15) is 4.79 Å². The summed E-state index contributed by atoms with van der Waals surface area (Å²) >= 11 is 0. The van der Waals surface area contributed by atoms with Gasteiger partial charge in [0.15, 0.2) is 0 Å². The van der Waals surface area contributed by atoms with E-state index in [1.165, 1.54) is 5.56 Å². The smallest absolute Gasteiger partial charge is 0.237 e. The fourth-order valence-electron chi connectivity index (χ4n) is 3.68. The van der Waals surface area contributed by atoms with Gasteiger partial charge in [0.1, 0.15) is 0 Å². The van der Waals surface area contributed by atoms with Crippen LogP contribution in [0.25, 0.3) is 0 Å². The van der Waals surface area contributed by atoms with Crippen LogP contribution in [-0.2, 0) is 17.8 Å². The van der Waals surface area contributed by atoms with Gasteiger partial charge in [0.05, 0.1) is 18.3 Å². The van der Waals surface area contributed by atoms with Crippen molar-refractivity contribution in [2.24, 2.45) is 5.92 Å². The zero-order valence-corrected chi connectivity index (χ0v) is 15.8. The van der Waals surface area contributed by atoms with Crippen molar-refractivity contribution in [1.82, 2.24) is 15.2 Å². The first kappa shape index (κ1) is 18.6. The van der Waals surface area contributed by atoms with Crippen molar-refractivity contribution in [2.75, 3.05) is 13.1 Å². The average molecular weight is 351 g/mol. The van der Waals surface area contributed by atoms with Gasteiger partial charge in [-0.15, -0.1) is 0 Å². The molecule has 0 saturated carbocycles. The zero-order chi connectivity index (χ0) is 18.4. The third-order valence-electron chi connectivity index (χ3n) is 5.36. The fourth-order valence-corrected chi connectivity index (χ4v) is 3.68. The Kier molecular flexibility index (Phi) is 6.40. The molecule has 4 nitrogen and oxygen atoms in total. The molecule has 2 heterocycles. The largest absolute Gasteiger partial charge is 0.349 e. The topological polar surface area (TPSA) is 45.2 Å². The van der Waals surface area contributed by atoms with E-state index in [0.29, 0.717) is 6.54 Å². The number of pyridine rings is 1. The molecule has 2 aromatic rings. The van der Waals surface area contributed by atoms with Crippen LogP contribution in [-0.4, -0.2) is 34.9 Å². The highest BCUT2D eigenvalue weighted by atomic mass is 16.2. The van der Waals surface area contributed by atoms with E-state index >= 15 is 0 Å². The summed E-state index contributed by atoms with van der Waals surface area (Å²) in [5, 5.41) is 3.03. The number of nitrogens with one attached hydrogen (secondary N) is 1. The second kappa shape index (κ2) is 8.95. The predicted molar refractivity (Wildman–Crippen MR) is 105 cm³/mol. The number of amides is 1. The number of rotatable bonds is 6. The summed E-state index contributed by atoms with van der Waals surface area (Å²) in [5.74, 6) is 0.815. The minimum atomic E-state index is -0.0857. The summed E-state index contributed by atoms with van der Waals surface area (Å²) in [7, 11) is 0. The molecule has 1 aromatic carbocycles. The highest BCUT2D eigenvalue weighted by Crippen LogP contribution is 2.23. The summed E-state index contributed by atoms with van der Waals surface area (Å²) in [6.07, 6.45) is 5.25. The first-order valence-corrected chi connectivity index (χ1v) is 9.59. The van der Waals surface area contributed by atoms with Gasteiger partial charge in [0.25, 0.3) is 0 Å². The van der Waals surface area contributed by atoms with Crippen molar-refractivity contribution in [3.05, 3.63) is 65.5 Å². The lowest BCUT2D eigenvalue weighted by Gasteiger charge is -2.35. The van der Waals surface area contributed by atoms with E-state index in [1.807, 2.05) is 26.0 Å². The number of piperidine rings is 1. The summed E-state index contributed by atoms with van der Waals surface area (Å²) in [6.45, 7) is 6.53. The average Bonchev–Trinajstić information content (AvgIpc) is 2.67. The molecule has 1 saturated heterocycles.